The molecule has 0 saturated heterocycles. The van der Waals surface area contributed by atoms with Gasteiger partial charge in [0.25, 0.3) is 0 Å². The minimum absolute atomic E-state index is 0.0870. The summed E-state index contributed by atoms with van der Waals surface area (Å²) in [6, 6.07) is 1.34. The molecule has 0 unspecified atom stereocenters. The molecule has 0 fully saturated rings. The number of nitrogens with zero attached hydrogens (tertiary/aromatic N) is 3. The zero-order valence-electron chi connectivity index (χ0n) is 9.66. The van der Waals surface area contributed by atoms with Gasteiger partial charge in [-0.05, 0) is 28.1 Å². The topological polar surface area (TPSA) is 61.0 Å². The fourth-order valence-corrected chi connectivity index (χ4v) is 2.70. The zero-order valence-corrected chi connectivity index (χ0v) is 12.8. The molecule has 2 rings (SSSR count). The van der Waals surface area contributed by atoms with Crippen molar-refractivity contribution in [1.82, 2.24) is 9.78 Å². The van der Waals surface area contributed by atoms with Crippen molar-refractivity contribution in [2.24, 2.45) is 0 Å². The summed E-state index contributed by atoms with van der Waals surface area (Å²) in [7, 11) is 0. The number of alkyl halides is 3. The van der Waals surface area contributed by atoms with E-state index in [1.165, 1.54) is 0 Å². The van der Waals surface area contributed by atoms with Gasteiger partial charge in [0.1, 0.15) is 11.9 Å². The maximum Gasteiger partial charge on any atom is 0.416 e. The van der Waals surface area contributed by atoms with Gasteiger partial charge in [0, 0.05) is 0 Å². The minimum Gasteiger partial charge on any atom is -0.258 e. The van der Waals surface area contributed by atoms with Crippen LogP contribution in [0.4, 0.5) is 18.9 Å². The Labute approximate surface area is 133 Å². The van der Waals surface area contributed by atoms with Gasteiger partial charge in [0.2, 0.25) is 0 Å². The third kappa shape index (κ3) is 2.99. The Kier molecular flexibility index (Phi) is 4.18. The highest BCUT2D eigenvalue weighted by Gasteiger charge is 2.33. The van der Waals surface area contributed by atoms with E-state index in [9.17, 15) is 23.3 Å². The molecule has 1 heterocycles. The summed E-state index contributed by atoms with van der Waals surface area (Å²) in [4.78, 5) is 10.0. The molecule has 21 heavy (non-hydrogen) atoms. The van der Waals surface area contributed by atoms with Crippen LogP contribution in [0.15, 0.2) is 22.9 Å². The summed E-state index contributed by atoms with van der Waals surface area (Å²) < 4.78 is 38.8. The Balaban J connectivity index is 2.63. The number of hydrogen-bond acceptors (Lipinski definition) is 3. The average Bonchev–Trinajstić information content (AvgIpc) is 2.69. The van der Waals surface area contributed by atoms with Crippen LogP contribution in [0, 0.1) is 10.1 Å². The van der Waals surface area contributed by atoms with E-state index < -0.39 is 16.7 Å². The van der Waals surface area contributed by atoms with Crippen LogP contribution in [0.3, 0.4) is 0 Å². The summed E-state index contributed by atoms with van der Waals surface area (Å²) in [6.07, 6.45) is -3.69. The maximum atomic E-state index is 12.6. The van der Waals surface area contributed by atoms with Crippen molar-refractivity contribution in [1.29, 1.82) is 0 Å². The molecule has 0 atom stereocenters. The number of hydrogen-bond donors (Lipinski definition) is 0. The Morgan fingerprint density at radius 1 is 1.29 bits per heavy atom. The smallest absolute Gasteiger partial charge is 0.258 e. The van der Waals surface area contributed by atoms with Gasteiger partial charge in [-0.3, -0.25) is 10.1 Å². The second kappa shape index (κ2) is 5.47. The predicted octanol–water partition coefficient (Wildman–Crippen LogP) is 4.87. The molecule has 0 amide bonds. The van der Waals surface area contributed by atoms with Crippen LogP contribution >= 0.6 is 39.1 Å². The molecule has 0 radical (unpaired) electrons. The molecule has 0 aliphatic rings. The summed E-state index contributed by atoms with van der Waals surface area (Å²) >= 11 is 14.5. The fraction of sp³-hybridized carbons (Fsp3) is 0.100. The first-order valence-corrected chi connectivity index (χ1v) is 6.62. The minimum atomic E-state index is -4.61. The lowest BCUT2D eigenvalue weighted by Crippen LogP contribution is -2.07. The molecule has 1 aromatic heterocycles. The Morgan fingerprint density at radius 2 is 1.81 bits per heavy atom. The van der Waals surface area contributed by atoms with Crippen LogP contribution in [-0.2, 0) is 6.18 Å². The van der Waals surface area contributed by atoms with Crippen molar-refractivity contribution in [2.45, 2.75) is 6.18 Å². The van der Waals surface area contributed by atoms with E-state index in [1.54, 1.807) is 0 Å². The Morgan fingerprint density at radius 3 is 2.19 bits per heavy atom. The molecule has 1 aromatic carbocycles. The number of aromatic nitrogens is 2. The first kappa shape index (κ1) is 16.1. The number of rotatable bonds is 2. The summed E-state index contributed by atoms with van der Waals surface area (Å²) in [5, 5.41) is 13.7. The van der Waals surface area contributed by atoms with Gasteiger partial charge in [0.05, 0.1) is 20.5 Å². The predicted molar refractivity (Wildman–Crippen MR) is 72.9 cm³/mol. The second-order valence-corrected chi connectivity index (χ2v) is 5.34. The lowest BCUT2D eigenvalue weighted by molar-refractivity contribution is -0.385. The summed E-state index contributed by atoms with van der Waals surface area (Å²) in [6.45, 7) is 0. The molecule has 0 saturated carbocycles. The number of benzene rings is 1. The molecule has 2 aromatic rings. The number of halogens is 6. The van der Waals surface area contributed by atoms with Crippen LogP contribution in [-0.4, -0.2) is 14.7 Å². The van der Waals surface area contributed by atoms with Crippen molar-refractivity contribution in [3.63, 3.8) is 0 Å². The standard InChI is InChI=1S/C10H3BrCl2F3N3O2/c11-9-7(19(20)21)3-17-18(9)8-5(12)1-4(2-6(8)13)10(14,15)16/h1-3H. The van der Waals surface area contributed by atoms with Gasteiger partial charge >= 0.3 is 11.9 Å². The van der Waals surface area contributed by atoms with Gasteiger partial charge in [-0.25, -0.2) is 4.68 Å². The van der Waals surface area contributed by atoms with Crippen LogP contribution in [0.1, 0.15) is 5.56 Å². The first-order valence-electron chi connectivity index (χ1n) is 5.07. The highest BCUT2D eigenvalue weighted by molar-refractivity contribution is 9.10. The average molecular weight is 405 g/mol. The SMILES string of the molecule is O=[N+]([O-])c1cnn(-c2c(Cl)cc(C(F)(F)F)cc2Cl)c1Br. The van der Waals surface area contributed by atoms with E-state index in [2.05, 4.69) is 21.0 Å². The lowest BCUT2D eigenvalue weighted by atomic mass is 10.2. The van der Waals surface area contributed by atoms with E-state index in [-0.39, 0.29) is 26.0 Å². The molecule has 0 N–H and O–H groups in total. The molecule has 112 valence electrons. The van der Waals surface area contributed by atoms with E-state index in [1.807, 2.05) is 0 Å². The lowest BCUT2D eigenvalue weighted by Gasteiger charge is -2.12. The highest BCUT2D eigenvalue weighted by Crippen LogP contribution is 2.39. The first-order chi connectivity index (χ1) is 9.62. The van der Waals surface area contributed by atoms with Crippen LogP contribution in [0.25, 0.3) is 5.69 Å². The molecular weight excluding hydrogens is 402 g/mol. The molecule has 0 aliphatic heterocycles. The van der Waals surface area contributed by atoms with Gasteiger partial charge < -0.3 is 0 Å². The molecule has 0 bridgehead atoms. The number of nitro groups is 1. The quantitative estimate of drug-likeness (QED) is 0.530. The molecule has 0 spiro atoms. The van der Waals surface area contributed by atoms with Crippen LogP contribution in [0.2, 0.25) is 10.0 Å². The van der Waals surface area contributed by atoms with Crippen molar-refractivity contribution in [3.05, 3.63) is 48.7 Å². The van der Waals surface area contributed by atoms with Crippen molar-refractivity contribution >= 4 is 44.8 Å². The van der Waals surface area contributed by atoms with Crippen LogP contribution in [0.5, 0.6) is 0 Å². The third-order valence-corrected chi connectivity index (χ3v) is 3.76. The Bertz CT molecular complexity index is 710. The molecule has 0 aliphatic carbocycles. The molecule has 5 nitrogen and oxygen atoms in total. The fourth-order valence-electron chi connectivity index (χ4n) is 1.53. The van der Waals surface area contributed by atoms with E-state index in [4.69, 9.17) is 23.2 Å². The summed E-state index contributed by atoms with van der Waals surface area (Å²) in [5.41, 5.74) is -1.49. The van der Waals surface area contributed by atoms with Crippen molar-refractivity contribution < 1.29 is 18.1 Å². The largest absolute Gasteiger partial charge is 0.416 e. The van der Waals surface area contributed by atoms with E-state index >= 15 is 0 Å². The Hall–Kier alpha value is -1.32. The normalized spacial score (nSPS) is 11.7. The van der Waals surface area contributed by atoms with E-state index in [0.29, 0.717) is 12.1 Å². The molecular formula is C10H3BrCl2F3N3O2. The zero-order chi connectivity index (χ0) is 15.9. The highest BCUT2D eigenvalue weighted by atomic mass is 79.9. The van der Waals surface area contributed by atoms with Crippen LogP contribution < -0.4 is 0 Å². The van der Waals surface area contributed by atoms with Crippen molar-refractivity contribution in [2.75, 3.05) is 0 Å². The van der Waals surface area contributed by atoms with Gasteiger partial charge in [0.15, 0.2) is 4.60 Å². The monoisotopic (exact) mass is 403 g/mol. The summed E-state index contributed by atoms with van der Waals surface area (Å²) in [5.74, 6) is 0. The van der Waals surface area contributed by atoms with Crippen molar-refractivity contribution in [3.8, 4) is 5.69 Å². The molecule has 11 heteroatoms. The van der Waals surface area contributed by atoms with Gasteiger partial charge in [-0.15, -0.1) is 0 Å². The second-order valence-electron chi connectivity index (χ2n) is 3.78. The van der Waals surface area contributed by atoms with E-state index in [0.717, 1.165) is 10.9 Å². The van der Waals surface area contributed by atoms with Gasteiger partial charge in [-0.2, -0.15) is 18.3 Å². The maximum absolute atomic E-state index is 12.6. The van der Waals surface area contributed by atoms with Gasteiger partial charge in [-0.1, -0.05) is 23.2 Å². The third-order valence-electron chi connectivity index (χ3n) is 2.45.